The fourth-order valence-corrected chi connectivity index (χ4v) is 21.7. The summed E-state index contributed by atoms with van der Waals surface area (Å²) in [6.07, 6.45) is 2.05. The molecule has 0 radical (unpaired) electrons. The molecule has 0 N–H and O–H groups in total. The van der Waals surface area contributed by atoms with E-state index in [1.54, 1.807) is 12.1 Å². The van der Waals surface area contributed by atoms with Gasteiger partial charge < -0.3 is 18.3 Å². The van der Waals surface area contributed by atoms with E-state index in [0.29, 0.717) is 36.7 Å². The summed E-state index contributed by atoms with van der Waals surface area (Å²) in [5.74, 6) is -1.25. The van der Waals surface area contributed by atoms with Crippen molar-refractivity contribution in [2.75, 3.05) is 13.2 Å². The molecular weight excluding hydrogens is 949 g/mol. The molecule has 0 amide bonds. The topological polar surface area (TPSA) is 88.1 Å². The maximum atomic E-state index is 15.1. The van der Waals surface area contributed by atoms with Crippen LogP contribution in [-0.2, 0) is 23.2 Å². The Bertz CT molecular complexity index is 3290. The Morgan fingerprint density at radius 1 is 0.486 bits per heavy atom. The van der Waals surface area contributed by atoms with Gasteiger partial charge in [-0.25, -0.2) is 4.79 Å². The molecule has 2 aliphatic carbocycles. The molecule has 8 aromatic carbocycles. The highest BCUT2D eigenvalue weighted by atomic mass is 28.4. The second kappa shape index (κ2) is 20.4. The van der Waals surface area contributed by atoms with Crippen molar-refractivity contribution in [1.29, 1.82) is 0 Å². The van der Waals surface area contributed by atoms with Gasteiger partial charge in [-0.15, -0.1) is 0 Å². The third kappa shape index (κ3) is 9.10. The van der Waals surface area contributed by atoms with Crippen LogP contribution in [0.5, 0.6) is 11.5 Å². The Hall–Kier alpha value is -7.02. The van der Waals surface area contributed by atoms with E-state index in [2.05, 4.69) is 163 Å². The number of hydrogen-bond donors (Lipinski definition) is 0. The van der Waals surface area contributed by atoms with Crippen molar-refractivity contribution in [3.05, 3.63) is 206 Å². The number of ether oxygens (including phenoxy) is 2. The summed E-state index contributed by atoms with van der Waals surface area (Å²) in [6.45, 7) is 15.8. The van der Waals surface area contributed by atoms with E-state index in [1.165, 1.54) is 33.7 Å². The number of carbonyl (C=O) groups is 3. The van der Waals surface area contributed by atoms with E-state index in [0.717, 1.165) is 32.7 Å². The van der Waals surface area contributed by atoms with Crippen molar-refractivity contribution in [1.82, 2.24) is 0 Å². The molecule has 74 heavy (non-hydrogen) atoms. The largest absolute Gasteiger partial charge is 0.426 e. The van der Waals surface area contributed by atoms with Crippen LogP contribution in [0.4, 0.5) is 0 Å². The lowest BCUT2D eigenvalue weighted by atomic mass is 9.77. The number of benzene rings is 8. The summed E-state index contributed by atoms with van der Waals surface area (Å²) in [7, 11) is -6.04. The first kappa shape index (κ1) is 50.5. The van der Waals surface area contributed by atoms with E-state index >= 15 is 4.79 Å². The second-order valence-corrected chi connectivity index (χ2v) is 30.6. The summed E-state index contributed by atoms with van der Waals surface area (Å²) in [5, 5.41) is 7.42. The Morgan fingerprint density at radius 2 is 0.851 bits per heavy atom. The molecule has 0 heterocycles. The van der Waals surface area contributed by atoms with Crippen molar-refractivity contribution in [3.8, 4) is 22.6 Å². The summed E-state index contributed by atoms with van der Waals surface area (Å²) >= 11 is 0. The SMILES string of the molecule is CC(=O)Oc1cccc2cccc(-c3cccc4cccc(OC(=O)/C=C5\C(=O)[C@H]6C[C@@H]5[C@@H](CO[Si](c5ccccc5)(c5ccccc5)C(C)(C)C)[C@H]6CO[Si](c5ccccc5)(c5ccccc5)C(C)(C)C)c34)c12. The van der Waals surface area contributed by atoms with Gasteiger partial charge in [0.25, 0.3) is 16.6 Å². The van der Waals surface area contributed by atoms with Crippen molar-refractivity contribution >= 4 is 76.6 Å². The molecule has 2 aliphatic rings. The van der Waals surface area contributed by atoms with Crippen LogP contribution in [0.1, 0.15) is 54.9 Å². The molecular formula is C65H64O7Si2. The number of allylic oxidation sites excluding steroid dienone is 1. The molecule has 0 saturated heterocycles. The van der Waals surface area contributed by atoms with Crippen molar-refractivity contribution < 1.29 is 32.7 Å². The van der Waals surface area contributed by atoms with Gasteiger partial charge in [0.15, 0.2) is 5.78 Å². The Balaban J connectivity index is 1.05. The number of hydrogen-bond acceptors (Lipinski definition) is 7. The summed E-state index contributed by atoms with van der Waals surface area (Å²) in [5.41, 5.74) is 2.12. The highest BCUT2D eigenvalue weighted by Gasteiger charge is 2.59. The number of carbonyl (C=O) groups excluding carboxylic acids is 3. The van der Waals surface area contributed by atoms with Crippen LogP contribution in [0.15, 0.2) is 206 Å². The molecule has 7 nitrogen and oxygen atoms in total. The van der Waals surface area contributed by atoms with Gasteiger partial charge >= 0.3 is 11.9 Å². The average molecular weight is 1010 g/mol. The summed E-state index contributed by atoms with van der Waals surface area (Å²) < 4.78 is 27.6. The van der Waals surface area contributed by atoms with Gasteiger partial charge in [0.2, 0.25) is 0 Å². The Morgan fingerprint density at radius 3 is 1.23 bits per heavy atom. The summed E-state index contributed by atoms with van der Waals surface area (Å²) in [4.78, 5) is 42.0. The highest BCUT2D eigenvalue weighted by molar-refractivity contribution is 7.00. The van der Waals surface area contributed by atoms with Crippen LogP contribution in [0.3, 0.4) is 0 Å². The lowest BCUT2D eigenvalue weighted by Gasteiger charge is -2.46. The van der Waals surface area contributed by atoms with E-state index in [4.69, 9.17) is 18.3 Å². The summed E-state index contributed by atoms with van der Waals surface area (Å²) in [6, 6.07) is 65.8. The standard InChI is InChI=1S/C65H64O7Si2/c1-44(66)71-58-38-22-26-45-24-20-36-51(61(45)58)52-37-21-25-46-27-23-39-59(62(46)52)72-60(67)41-55-53-40-54(63(55)68)57(43-70-74(65(5,6)7,49-32-16-10-17-33-49)50-34-18-11-19-35-50)56(53)42-69-73(64(2,3)4,47-28-12-8-13-29-47)48-30-14-9-15-31-48/h8-39,41,53-54,56-57H,40,42-43H2,1-7H3/b55-41-/t53-,54-,56+,57-/m0/s1. The molecule has 4 atom stereocenters. The number of rotatable bonds is 14. The maximum Gasteiger partial charge on any atom is 0.336 e. The van der Waals surface area contributed by atoms with Gasteiger partial charge in [-0.2, -0.15) is 0 Å². The minimum absolute atomic E-state index is 0.0305. The molecule has 10 rings (SSSR count). The third-order valence-electron chi connectivity index (χ3n) is 15.7. The molecule has 0 aromatic heterocycles. The van der Waals surface area contributed by atoms with E-state index < -0.39 is 28.6 Å². The van der Waals surface area contributed by atoms with Crippen LogP contribution in [0.2, 0.25) is 10.1 Å². The van der Waals surface area contributed by atoms with Gasteiger partial charge in [0, 0.05) is 48.5 Å². The zero-order chi connectivity index (χ0) is 51.8. The predicted octanol–water partition coefficient (Wildman–Crippen LogP) is 12.0. The Labute approximate surface area is 437 Å². The van der Waals surface area contributed by atoms with Crippen molar-refractivity contribution in [3.63, 3.8) is 0 Å². The first-order valence-corrected chi connectivity index (χ1v) is 29.6. The molecule has 8 aromatic rings. The fourth-order valence-electron chi connectivity index (χ4n) is 12.6. The predicted molar refractivity (Wildman–Crippen MR) is 303 cm³/mol. The normalized spacial score (nSPS) is 18.5. The van der Waals surface area contributed by atoms with Gasteiger partial charge in [0.05, 0.1) is 0 Å². The van der Waals surface area contributed by atoms with Gasteiger partial charge in [-0.05, 0) is 89.0 Å². The van der Waals surface area contributed by atoms with Crippen LogP contribution in [0.25, 0.3) is 32.7 Å². The minimum atomic E-state index is -3.03. The molecule has 0 spiro atoms. The van der Waals surface area contributed by atoms with Crippen molar-refractivity contribution in [2.24, 2.45) is 23.7 Å². The van der Waals surface area contributed by atoms with Crippen LogP contribution in [-0.4, -0.2) is 47.6 Å². The van der Waals surface area contributed by atoms with Crippen LogP contribution < -0.4 is 30.2 Å². The second-order valence-electron chi connectivity index (χ2n) is 22.0. The lowest BCUT2D eigenvalue weighted by molar-refractivity contribution is -0.132. The number of esters is 2. The molecule has 374 valence electrons. The third-order valence-corrected chi connectivity index (χ3v) is 25.7. The van der Waals surface area contributed by atoms with E-state index in [1.807, 2.05) is 60.7 Å². The maximum absolute atomic E-state index is 15.1. The van der Waals surface area contributed by atoms with Crippen molar-refractivity contribution in [2.45, 2.75) is 65.0 Å². The number of fused-ring (bicyclic) bond motifs is 4. The van der Waals surface area contributed by atoms with Crippen LogP contribution in [0, 0.1) is 23.7 Å². The molecule has 0 unspecified atom stereocenters. The zero-order valence-electron chi connectivity index (χ0n) is 43.3. The van der Waals surface area contributed by atoms with Gasteiger partial charge in [-0.1, -0.05) is 224 Å². The smallest absolute Gasteiger partial charge is 0.336 e. The fraction of sp³-hybridized carbons (Fsp3) is 0.246. The van der Waals surface area contributed by atoms with Crippen LogP contribution >= 0.6 is 0 Å². The monoisotopic (exact) mass is 1010 g/mol. The number of Topliss-reactive ketones (excluding diaryl/α,β-unsaturated/α-hetero) is 1. The number of ketones is 1. The lowest BCUT2D eigenvalue weighted by Crippen LogP contribution is -2.67. The molecule has 0 aliphatic heterocycles. The molecule has 2 fully saturated rings. The molecule has 2 saturated carbocycles. The Kier molecular flexibility index (Phi) is 13.9. The molecule has 2 bridgehead atoms. The van der Waals surface area contributed by atoms with E-state index in [-0.39, 0.29) is 39.5 Å². The quantitative estimate of drug-likeness (QED) is 0.0464. The minimum Gasteiger partial charge on any atom is -0.426 e. The van der Waals surface area contributed by atoms with E-state index in [9.17, 15) is 9.59 Å². The van der Waals surface area contributed by atoms with Gasteiger partial charge in [-0.3, -0.25) is 9.59 Å². The zero-order valence-corrected chi connectivity index (χ0v) is 45.3. The average Bonchev–Trinajstić information content (AvgIpc) is 3.91. The first-order valence-electron chi connectivity index (χ1n) is 25.8. The highest BCUT2D eigenvalue weighted by Crippen LogP contribution is 2.55. The first-order chi connectivity index (χ1) is 35.6. The van der Waals surface area contributed by atoms with Gasteiger partial charge in [0.1, 0.15) is 11.5 Å². The molecule has 9 heteroatoms.